The standard InChI is InChI=1S/C17H34N2O3/c1-12(19-14(20)21-15(2,3)4)9-10-18-13-11-16(5,6)22-17(13,7)8/h12-13,18H,9-11H2,1-8H3,(H,19,20). The van der Waals surface area contributed by atoms with Gasteiger partial charge in [0.05, 0.1) is 11.2 Å². The first kappa shape index (κ1) is 19.2. The molecular formula is C17H34N2O3. The van der Waals surface area contributed by atoms with E-state index in [-0.39, 0.29) is 23.3 Å². The fourth-order valence-electron chi connectivity index (χ4n) is 2.94. The summed E-state index contributed by atoms with van der Waals surface area (Å²) in [5, 5.41) is 6.43. The molecule has 130 valence electrons. The van der Waals surface area contributed by atoms with Crippen molar-refractivity contribution in [2.75, 3.05) is 6.54 Å². The van der Waals surface area contributed by atoms with Crippen LogP contribution in [-0.2, 0) is 9.47 Å². The van der Waals surface area contributed by atoms with Crippen LogP contribution < -0.4 is 10.6 Å². The van der Waals surface area contributed by atoms with Gasteiger partial charge in [0.25, 0.3) is 0 Å². The zero-order valence-electron chi connectivity index (χ0n) is 15.5. The van der Waals surface area contributed by atoms with Gasteiger partial charge in [-0.1, -0.05) is 0 Å². The van der Waals surface area contributed by atoms with Crippen molar-refractivity contribution >= 4 is 6.09 Å². The Balaban J connectivity index is 2.31. The molecule has 1 heterocycles. The van der Waals surface area contributed by atoms with Gasteiger partial charge in [-0.05, 0) is 74.8 Å². The Morgan fingerprint density at radius 3 is 2.36 bits per heavy atom. The molecule has 0 aromatic heterocycles. The van der Waals surface area contributed by atoms with E-state index in [2.05, 4.69) is 38.3 Å². The summed E-state index contributed by atoms with van der Waals surface area (Å²) in [6, 6.07) is 0.400. The van der Waals surface area contributed by atoms with E-state index in [0.717, 1.165) is 19.4 Å². The van der Waals surface area contributed by atoms with Crippen molar-refractivity contribution in [3.8, 4) is 0 Å². The SMILES string of the molecule is CC(CCNC1CC(C)(C)OC1(C)C)NC(=O)OC(C)(C)C. The largest absolute Gasteiger partial charge is 0.444 e. The van der Waals surface area contributed by atoms with Crippen LogP contribution in [0.25, 0.3) is 0 Å². The topological polar surface area (TPSA) is 59.6 Å². The number of carbonyl (C=O) groups is 1. The monoisotopic (exact) mass is 314 g/mol. The lowest BCUT2D eigenvalue weighted by atomic mass is 9.94. The Labute approximate surface area is 135 Å². The number of alkyl carbamates (subject to hydrolysis) is 1. The Bertz CT molecular complexity index is 386. The van der Waals surface area contributed by atoms with Crippen molar-refractivity contribution in [3.63, 3.8) is 0 Å². The minimum Gasteiger partial charge on any atom is -0.444 e. The Kier molecular flexibility index (Phi) is 5.90. The van der Waals surface area contributed by atoms with Gasteiger partial charge >= 0.3 is 6.09 Å². The second-order valence-corrected chi connectivity index (χ2v) is 8.51. The third-order valence-electron chi connectivity index (χ3n) is 3.81. The highest BCUT2D eigenvalue weighted by atomic mass is 16.6. The maximum absolute atomic E-state index is 11.7. The molecule has 1 aliphatic rings. The summed E-state index contributed by atoms with van der Waals surface area (Å²) in [6.45, 7) is 16.9. The zero-order chi connectivity index (χ0) is 17.2. The second kappa shape index (κ2) is 6.75. The van der Waals surface area contributed by atoms with E-state index in [1.54, 1.807) is 0 Å². The molecule has 1 saturated heterocycles. The molecule has 0 spiro atoms. The molecule has 0 aliphatic carbocycles. The number of hydrogen-bond acceptors (Lipinski definition) is 4. The van der Waals surface area contributed by atoms with Gasteiger partial charge in [0.2, 0.25) is 0 Å². The van der Waals surface area contributed by atoms with E-state index in [1.165, 1.54) is 0 Å². The molecular weight excluding hydrogens is 280 g/mol. The average molecular weight is 314 g/mol. The highest BCUT2D eigenvalue weighted by molar-refractivity contribution is 5.67. The van der Waals surface area contributed by atoms with Crippen molar-refractivity contribution in [2.45, 2.75) is 97.1 Å². The third kappa shape index (κ3) is 6.53. The normalized spacial score (nSPS) is 24.8. The summed E-state index contributed by atoms with van der Waals surface area (Å²) in [5.41, 5.74) is -0.703. The smallest absolute Gasteiger partial charge is 0.407 e. The fourth-order valence-corrected chi connectivity index (χ4v) is 2.94. The predicted molar refractivity (Wildman–Crippen MR) is 89.1 cm³/mol. The van der Waals surface area contributed by atoms with Gasteiger partial charge < -0.3 is 20.1 Å². The van der Waals surface area contributed by atoms with Crippen molar-refractivity contribution in [3.05, 3.63) is 0 Å². The first-order valence-electron chi connectivity index (χ1n) is 8.24. The number of amides is 1. The maximum atomic E-state index is 11.7. The highest BCUT2D eigenvalue weighted by Gasteiger charge is 2.45. The number of carbonyl (C=O) groups excluding carboxylic acids is 1. The molecule has 0 radical (unpaired) electrons. The van der Waals surface area contributed by atoms with Crippen LogP contribution in [0.3, 0.4) is 0 Å². The van der Waals surface area contributed by atoms with E-state index in [0.29, 0.717) is 6.04 Å². The summed E-state index contributed by atoms with van der Waals surface area (Å²) < 4.78 is 11.3. The van der Waals surface area contributed by atoms with Crippen LogP contribution >= 0.6 is 0 Å². The van der Waals surface area contributed by atoms with Crippen molar-refractivity contribution in [1.82, 2.24) is 10.6 Å². The molecule has 0 saturated carbocycles. The summed E-state index contributed by atoms with van der Waals surface area (Å²) in [4.78, 5) is 11.7. The van der Waals surface area contributed by atoms with Gasteiger partial charge in [0, 0.05) is 12.1 Å². The molecule has 0 aromatic rings. The molecule has 2 atom stereocenters. The van der Waals surface area contributed by atoms with Gasteiger partial charge in [0.15, 0.2) is 0 Å². The molecule has 1 rings (SSSR count). The molecule has 1 aliphatic heterocycles. The first-order chi connectivity index (χ1) is 9.81. The molecule has 2 N–H and O–H groups in total. The molecule has 5 heteroatoms. The number of nitrogens with one attached hydrogen (secondary N) is 2. The first-order valence-corrected chi connectivity index (χ1v) is 8.24. The molecule has 22 heavy (non-hydrogen) atoms. The number of rotatable bonds is 5. The van der Waals surface area contributed by atoms with Crippen LogP contribution in [0.5, 0.6) is 0 Å². The molecule has 1 amide bonds. The Hall–Kier alpha value is -0.810. The second-order valence-electron chi connectivity index (χ2n) is 8.51. The molecule has 0 aromatic carbocycles. The zero-order valence-corrected chi connectivity index (χ0v) is 15.5. The summed E-state index contributed by atoms with van der Waals surface area (Å²) in [6.07, 6.45) is 1.49. The number of ether oxygens (including phenoxy) is 2. The lowest BCUT2D eigenvalue weighted by Gasteiger charge is -2.28. The van der Waals surface area contributed by atoms with Crippen molar-refractivity contribution in [1.29, 1.82) is 0 Å². The van der Waals surface area contributed by atoms with Crippen LogP contribution in [-0.4, -0.2) is 41.5 Å². The maximum Gasteiger partial charge on any atom is 0.407 e. The van der Waals surface area contributed by atoms with Crippen LogP contribution in [0.2, 0.25) is 0 Å². The minimum absolute atomic E-state index is 0.0702. The summed E-state index contributed by atoms with van der Waals surface area (Å²) in [5.74, 6) is 0. The summed E-state index contributed by atoms with van der Waals surface area (Å²) in [7, 11) is 0. The molecule has 1 fully saturated rings. The van der Waals surface area contributed by atoms with Crippen molar-refractivity contribution in [2.24, 2.45) is 0 Å². The lowest BCUT2D eigenvalue weighted by molar-refractivity contribution is -0.0698. The van der Waals surface area contributed by atoms with Crippen LogP contribution in [0, 0.1) is 0 Å². The quantitative estimate of drug-likeness (QED) is 0.818. The van der Waals surface area contributed by atoms with Gasteiger partial charge in [-0.3, -0.25) is 0 Å². The lowest BCUT2D eigenvalue weighted by Crippen LogP contribution is -2.45. The molecule has 5 nitrogen and oxygen atoms in total. The molecule has 0 bridgehead atoms. The van der Waals surface area contributed by atoms with Gasteiger partial charge in [-0.25, -0.2) is 4.79 Å². The Morgan fingerprint density at radius 2 is 1.91 bits per heavy atom. The van der Waals surface area contributed by atoms with Gasteiger partial charge in [-0.15, -0.1) is 0 Å². The van der Waals surface area contributed by atoms with Gasteiger partial charge in [0.1, 0.15) is 5.60 Å². The Morgan fingerprint density at radius 1 is 1.32 bits per heavy atom. The van der Waals surface area contributed by atoms with Crippen LogP contribution in [0.1, 0.15) is 68.2 Å². The van der Waals surface area contributed by atoms with Crippen LogP contribution in [0.15, 0.2) is 0 Å². The van der Waals surface area contributed by atoms with E-state index in [1.807, 2.05) is 27.7 Å². The third-order valence-corrected chi connectivity index (χ3v) is 3.81. The molecule has 2 unspecified atom stereocenters. The van der Waals surface area contributed by atoms with Crippen LogP contribution in [0.4, 0.5) is 4.79 Å². The summed E-state index contributed by atoms with van der Waals surface area (Å²) >= 11 is 0. The number of hydrogen-bond donors (Lipinski definition) is 2. The van der Waals surface area contributed by atoms with Gasteiger partial charge in [-0.2, -0.15) is 0 Å². The van der Waals surface area contributed by atoms with E-state index in [9.17, 15) is 4.79 Å². The van der Waals surface area contributed by atoms with E-state index >= 15 is 0 Å². The van der Waals surface area contributed by atoms with E-state index < -0.39 is 5.60 Å². The van der Waals surface area contributed by atoms with Crippen molar-refractivity contribution < 1.29 is 14.3 Å². The fraction of sp³-hybridized carbons (Fsp3) is 0.941. The highest BCUT2D eigenvalue weighted by Crippen LogP contribution is 2.37. The van der Waals surface area contributed by atoms with E-state index in [4.69, 9.17) is 9.47 Å². The minimum atomic E-state index is -0.459. The average Bonchev–Trinajstić information content (AvgIpc) is 2.43. The predicted octanol–water partition coefficient (Wildman–Crippen LogP) is 3.23.